The normalized spacial score (nSPS) is 26.2. The molecule has 30 heavy (non-hydrogen) atoms. The quantitative estimate of drug-likeness (QED) is 0.393. The summed E-state index contributed by atoms with van der Waals surface area (Å²) in [6, 6.07) is 4.83. The predicted molar refractivity (Wildman–Crippen MR) is 102 cm³/mol. The van der Waals surface area contributed by atoms with E-state index < -0.39 is 31.1 Å². The van der Waals surface area contributed by atoms with Crippen molar-refractivity contribution in [3.63, 3.8) is 0 Å². The van der Waals surface area contributed by atoms with Crippen LogP contribution in [0.4, 0.5) is 5.95 Å². The third-order valence-electron chi connectivity index (χ3n) is 5.06. The number of anilines is 1. The molecule has 12 heteroatoms. The summed E-state index contributed by atoms with van der Waals surface area (Å²) >= 11 is 0. The van der Waals surface area contributed by atoms with Gasteiger partial charge in [0.2, 0.25) is 5.95 Å². The van der Waals surface area contributed by atoms with Gasteiger partial charge in [0.05, 0.1) is 12.9 Å². The molecule has 4 N–H and O–H groups in total. The van der Waals surface area contributed by atoms with Crippen LogP contribution in [0.5, 0.6) is 5.88 Å². The van der Waals surface area contributed by atoms with E-state index in [9.17, 15) is 20.1 Å². The number of nitrogens with one attached hydrogen (secondary N) is 1. The number of hydrogen-bond acceptors (Lipinski definition) is 10. The van der Waals surface area contributed by atoms with Crippen molar-refractivity contribution < 1.29 is 24.9 Å². The number of fused-ring (bicyclic) bond motifs is 1. The molecule has 4 heterocycles. The second kappa shape index (κ2) is 7.32. The lowest BCUT2D eigenvalue weighted by molar-refractivity contribution is -0.0511. The van der Waals surface area contributed by atoms with Crippen LogP contribution in [0.2, 0.25) is 0 Å². The maximum absolute atomic E-state index is 12.0. The van der Waals surface area contributed by atoms with Gasteiger partial charge in [0.1, 0.15) is 18.3 Å². The van der Waals surface area contributed by atoms with Crippen LogP contribution in [0.3, 0.4) is 0 Å². The summed E-state index contributed by atoms with van der Waals surface area (Å²) in [6.07, 6.45) is 0.296. The highest BCUT2D eigenvalue weighted by atomic mass is 16.7. The molecule has 2 fully saturated rings. The SMILES string of the molecule is O=c1ccccn1Oc1nc(NC2CC2)nc2c1ncn2[C@@H]1O[C@H](CO)[C@@H](O)[C@H]1O. The van der Waals surface area contributed by atoms with E-state index in [0.29, 0.717) is 0 Å². The second-order valence-corrected chi connectivity index (χ2v) is 7.28. The molecule has 0 spiro atoms. The van der Waals surface area contributed by atoms with Crippen molar-refractivity contribution in [3.05, 3.63) is 41.1 Å². The molecule has 0 aromatic carbocycles. The predicted octanol–water partition coefficient (Wildman–Crippen LogP) is -0.984. The van der Waals surface area contributed by atoms with Gasteiger partial charge in [-0.25, -0.2) is 4.98 Å². The number of aliphatic hydroxyl groups excluding tert-OH is 3. The Morgan fingerprint density at radius 3 is 2.77 bits per heavy atom. The first kappa shape index (κ1) is 18.9. The minimum absolute atomic E-state index is 0.0435. The molecular formula is C18H20N6O6. The molecule has 1 saturated carbocycles. The Bertz CT molecular complexity index is 1130. The first-order chi connectivity index (χ1) is 14.5. The van der Waals surface area contributed by atoms with E-state index in [-0.39, 0.29) is 34.6 Å². The number of pyridine rings is 1. The Morgan fingerprint density at radius 1 is 1.23 bits per heavy atom. The highest BCUT2D eigenvalue weighted by molar-refractivity contribution is 5.78. The minimum atomic E-state index is -1.30. The van der Waals surface area contributed by atoms with Crippen molar-refractivity contribution in [2.45, 2.75) is 43.4 Å². The number of imidazole rings is 1. The third-order valence-corrected chi connectivity index (χ3v) is 5.06. The van der Waals surface area contributed by atoms with E-state index >= 15 is 0 Å². The number of hydrogen-bond donors (Lipinski definition) is 4. The lowest BCUT2D eigenvalue weighted by Gasteiger charge is -2.17. The Labute approximate surface area is 169 Å². The van der Waals surface area contributed by atoms with Crippen LogP contribution in [0.1, 0.15) is 19.1 Å². The monoisotopic (exact) mass is 416 g/mol. The zero-order chi connectivity index (χ0) is 20.8. The Kier molecular flexibility index (Phi) is 4.62. The maximum atomic E-state index is 12.0. The topological polar surface area (TPSA) is 157 Å². The van der Waals surface area contributed by atoms with Crippen molar-refractivity contribution >= 4 is 17.1 Å². The van der Waals surface area contributed by atoms with Crippen molar-refractivity contribution in [3.8, 4) is 5.88 Å². The number of aromatic nitrogens is 5. The summed E-state index contributed by atoms with van der Waals surface area (Å²) in [6.45, 7) is -0.448. The van der Waals surface area contributed by atoms with Crippen LogP contribution in [0, 0.1) is 0 Å². The third kappa shape index (κ3) is 3.29. The van der Waals surface area contributed by atoms with Crippen molar-refractivity contribution in [1.29, 1.82) is 0 Å². The molecule has 3 aromatic rings. The molecule has 1 aliphatic carbocycles. The molecule has 5 rings (SSSR count). The van der Waals surface area contributed by atoms with Crippen molar-refractivity contribution in [2.24, 2.45) is 0 Å². The molecule has 3 aromatic heterocycles. The second-order valence-electron chi connectivity index (χ2n) is 7.28. The number of nitrogens with zero attached hydrogens (tertiary/aromatic N) is 5. The van der Waals surface area contributed by atoms with E-state index in [1.807, 2.05) is 0 Å². The summed E-state index contributed by atoms with van der Waals surface area (Å²) in [7, 11) is 0. The zero-order valence-electron chi connectivity index (χ0n) is 15.7. The highest BCUT2D eigenvalue weighted by Crippen LogP contribution is 2.34. The van der Waals surface area contributed by atoms with Crippen LogP contribution >= 0.6 is 0 Å². The molecule has 1 aliphatic heterocycles. The van der Waals surface area contributed by atoms with Gasteiger partial charge < -0.3 is 30.2 Å². The van der Waals surface area contributed by atoms with E-state index in [0.717, 1.165) is 17.6 Å². The Balaban J connectivity index is 1.58. The molecular weight excluding hydrogens is 396 g/mol. The molecule has 0 amide bonds. The fourth-order valence-corrected chi connectivity index (χ4v) is 3.31. The molecule has 0 unspecified atom stereocenters. The molecule has 0 bridgehead atoms. The van der Waals surface area contributed by atoms with Gasteiger partial charge in [0, 0.05) is 18.3 Å². The number of rotatable bonds is 6. The van der Waals surface area contributed by atoms with Gasteiger partial charge in [-0.3, -0.25) is 9.36 Å². The van der Waals surface area contributed by atoms with Gasteiger partial charge in [-0.15, -0.1) is 4.73 Å². The Hall–Kier alpha value is -3.06. The maximum Gasteiger partial charge on any atom is 0.283 e. The molecule has 4 atom stereocenters. The van der Waals surface area contributed by atoms with Gasteiger partial charge in [0.25, 0.3) is 11.4 Å². The molecule has 1 saturated heterocycles. The summed E-state index contributed by atoms with van der Waals surface area (Å²) in [5, 5.41) is 33.0. The standard InChI is InChI=1S/C18H20N6O6/c25-7-10-13(27)14(28)17(29-10)23-8-19-12-15(23)21-18(20-9-4-5-9)22-16(12)30-24-6-2-1-3-11(24)26/h1-3,6,8-10,13-14,17,25,27-28H,4-5,7H2,(H,20,21,22)/t10-,13-,14-,17-/m1/s1. The van der Waals surface area contributed by atoms with Crippen LogP contribution in [-0.2, 0) is 4.74 Å². The van der Waals surface area contributed by atoms with Crippen LogP contribution in [-0.4, -0.2) is 70.5 Å². The number of ether oxygens (including phenoxy) is 1. The van der Waals surface area contributed by atoms with Gasteiger partial charge in [-0.2, -0.15) is 9.97 Å². The van der Waals surface area contributed by atoms with Gasteiger partial charge in [-0.1, -0.05) is 6.07 Å². The molecule has 2 aliphatic rings. The zero-order valence-corrected chi connectivity index (χ0v) is 15.7. The van der Waals surface area contributed by atoms with E-state index in [2.05, 4.69) is 20.3 Å². The fraction of sp³-hybridized carbons (Fsp3) is 0.444. The van der Waals surface area contributed by atoms with Gasteiger partial charge in [0.15, 0.2) is 17.4 Å². The fourth-order valence-electron chi connectivity index (χ4n) is 3.31. The molecule has 0 radical (unpaired) electrons. The molecule has 158 valence electrons. The summed E-state index contributed by atoms with van der Waals surface area (Å²) < 4.78 is 8.06. The van der Waals surface area contributed by atoms with E-state index in [1.165, 1.54) is 23.2 Å². The van der Waals surface area contributed by atoms with E-state index in [4.69, 9.17) is 9.57 Å². The van der Waals surface area contributed by atoms with E-state index in [1.54, 1.807) is 12.1 Å². The summed E-state index contributed by atoms with van der Waals surface area (Å²) in [5.41, 5.74) is 0.135. The van der Waals surface area contributed by atoms with Gasteiger partial charge in [-0.05, 0) is 18.9 Å². The van der Waals surface area contributed by atoms with Crippen molar-refractivity contribution in [1.82, 2.24) is 24.2 Å². The lowest BCUT2D eigenvalue weighted by Crippen LogP contribution is -2.33. The highest BCUT2D eigenvalue weighted by Gasteiger charge is 2.44. The average molecular weight is 416 g/mol. The first-order valence-corrected chi connectivity index (χ1v) is 9.54. The van der Waals surface area contributed by atoms with Crippen molar-refractivity contribution in [2.75, 3.05) is 11.9 Å². The molecule has 12 nitrogen and oxygen atoms in total. The number of aliphatic hydroxyl groups is 3. The van der Waals surface area contributed by atoms with Gasteiger partial charge >= 0.3 is 0 Å². The Morgan fingerprint density at radius 2 is 2.07 bits per heavy atom. The van der Waals surface area contributed by atoms with Crippen LogP contribution in [0.25, 0.3) is 11.2 Å². The lowest BCUT2D eigenvalue weighted by atomic mass is 10.1. The summed E-state index contributed by atoms with van der Waals surface area (Å²) in [4.78, 5) is 30.8. The largest absolute Gasteiger partial charge is 0.394 e. The smallest absolute Gasteiger partial charge is 0.283 e. The summed E-state index contributed by atoms with van der Waals surface area (Å²) in [5.74, 6) is 0.319. The average Bonchev–Trinajstić information content (AvgIpc) is 3.38. The minimum Gasteiger partial charge on any atom is -0.394 e. The van der Waals surface area contributed by atoms with Crippen LogP contribution in [0.15, 0.2) is 35.5 Å². The van der Waals surface area contributed by atoms with Crippen LogP contribution < -0.4 is 15.7 Å². The first-order valence-electron chi connectivity index (χ1n) is 9.54.